The van der Waals surface area contributed by atoms with E-state index in [1.54, 1.807) is 12.3 Å². The topological polar surface area (TPSA) is 92.8 Å². The van der Waals surface area contributed by atoms with Gasteiger partial charge in [0.2, 0.25) is 5.91 Å². The van der Waals surface area contributed by atoms with Crippen molar-refractivity contribution in [2.45, 2.75) is 70.9 Å². The van der Waals surface area contributed by atoms with E-state index in [0.717, 1.165) is 40.6 Å². The molecule has 0 spiro atoms. The Morgan fingerprint density at radius 1 is 1.28 bits per heavy atom. The number of nitrogens with one attached hydrogen (secondary N) is 1. The molecule has 4 heterocycles. The lowest BCUT2D eigenvalue weighted by Crippen LogP contribution is -2.27. The molecule has 32 heavy (non-hydrogen) atoms. The standard InChI is InChI=1S/C21H21N5O2.C4H10/c1-12-6-15(4-5-28-12)26-20-16-7-13(9-22)2-3-17(16)23-11-18(20)25-21(26)14-8-19(27)24-10-14;1-3-4-2/h2-3,7,11-12,14-15H,4-6,8,10H2,1H3,(H,24,27);3-4H2,1-2H3. The second-order valence-electron chi connectivity index (χ2n) is 8.74. The fourth-order valence-electron chi connectivity index (χ4n) is 4.52. The lowest BCUT2D eigenvalue weighted by Gasteiger charge is -2.30. The van der Waals surface area contributed by atoms with Gasteiger partial charge in [0.05, 0.1) is 35.0 Å². The minimum Gasteiger partial charge on any atom is -0.378 e. The Morgan fingerprint density at radius 3 is 2.75 bits per heavy atom. The first-order valence-electron chi connectivity index (χ1n) is 11.6. The van der Waals surface area contributed by atoms with Gasteiger partial charge in [-0.05, 0) is 38.0 Å². The highest BCUT2D eigenvalue weighted by atomic mass is 16.5. The quantitative estimate of drug-likeness (QED) is 0.651. The van der Waals surface area contributed by atoms with Crippen LogP contribution in [0.3, 0.4) is 0 Å². The molecule has 2 aromatic heterocycles. The smallest absolute Gasteiger partial charge is 0.220 e. The summed E-state index contributed by atoms with van der Waals surface area (Å²) in [6.45, 7) is 7.77. The van der Waals surface area contributed by atoms with Crippen LogP contribution in [0.4, 0.5) is 0 Å². The maximum absolute atomic E-state index is 11.9. The third-order valence-electron chi connectivity index (χ3n) is 6.34. The number of imidazole rings is 1. The van der Waals surface area contributed by atoms with Crippen LogP contribution in [0.2, 0.25) is 0 Å². The van der Waals surface area contributed by atoms with E-state index < -0.39 is 0 Å². The van der Waals surface area contributed by atoms with E-state index in [1.807, 2.05) is 12.1 Å². The molecule has 0 aliphatic carbocycles. The van der Waals surface area contributed by atoms with Crippen LogP contribution >= 0.6 is 0 Å². The summed E-state index contributed by atoms with van der Waals surface area (Å²) in [6.07, 6.45) is 6.87. The first-order valence-corrected chi connectivity index (χ1v) is 11.6. The van der Waals surface area contributed by atoms with Crippen LogP contribution in [0, 0.1) is 11.3 Å². The van der Waals surface area contributed by atoms with E-state index in [-0.39, 0.29) is 24.0 Å². The Morgan fingerprint density at radius 2 is 2.09 bits per heavy atom. The lowest BCUT2D eigenvalue weighted by molar-refractivity contribution is -0.119. The molecule has 3 atom stereocenters. The van der Waals surface area contributed by atoms with Crippen molar-refractivity contribution in [1.82, 2.24) is 19.9 Å². The Bertz CT molecular complexity index is 1160. The van der Waals surface area contributed by atoms with Crippen molar-refractivity contribution in [3.8, 4) is 6.07 Å². The van der Waals surface area contributed by atoms with Crippen molar-refractivity contribution >= 4 is 27.8 Å². The molecule has 0 saturated carbocycles. The lowest BCUT2D eigenvalue weighted by atomic mass is 10.0. The van der Waals surface area contributed by atoms with Crippen LogP contribution < -0.4 is 5.32 Å². The van der Waals surface area contributed by atoms with E-state index >= 15 is 0 Å². The predicted molar refractivity (Wildman–Crippen MR) is 124 cm³/mol. The average Bonchev–Trinajstić information content (AvgIpc) is 3.42. The largest absolute Gasteiger partial charge is 0.378 e. The van der Waals surface area contributed by atoms with Crippen LogP contribution in [0.5, 0.6) is 0 Å². The molecule has 2 saturated heterocycles. The van der Waals surface area contributed by atoms with Gasteiger partial charge in [0.1, 0.15) is 11.3 Å². The number of carbonyl (C=O) groups excluding carboxylic acids is 1. The zero-order valence-electron chi connectivity index (χ0n) is 19.1. The van der Waals surface area contributed by atoms with Crippen molar-refractivity contribution in [1.29, 1.82) is 5.26 Å². The third kappa shape index (κ3) is 4.33. The number of ether oxygens (including phenoxy) is 1. The minimum absolute atomic E-state index is 0.0484. The normalized spacial score (nSPS) is 22.9. The molecule has 1 aromatic carbocycles. The van der Waals surface area contributed by atoms with E-state index in [1.165, 1.54) is 12.8 Å². The number of hydrogen-bond acceptors (Lipinski definition) is 5. The number of aromatic nitrogens is 3. The maximum Gasteiger partial charge on any atom is 0.220 e. The van der Waals surface area contributed by atoms with Gasteiger partial charge in [-0.15, -0.1) is 0 Å². The van der Waals surface area contributed by atoms with Crippen LogP contribution in [0.25, 0.3) is 21.9 Å². The number of amides is 1. The predicted octanol–water partition coefficient (Wildman–Crippen LogP) is 4.61. The van der Waals surface area contributed by atoms with Gasteiger partial charge in [-0.1, -0.05) is 26.7 Å². The van der Waals surface area contributed by atoms with Gasteiger partial charge < -0.3 is 14.6 Å². The van der Waals surface area contributed by atoms with Crippen molar-refractivity contribution in [2.75, 3.05) is 13.2 Å². The zero-order chi connectivity index (χ0) is 22.7. The molecule has 7 heteroatoms. The first kappa shape index (κ1) is 22.2. The summed E-state index contributed by atoms with van der Waals surface area (Å²) in [4.78, 5) is 21.3. The number of carbonyl (C=O) groups is 1. The van der Waals surface area contributed by atoms with Gasteiger partial charge in [0, 0.05) is 36.9 Å². The van der Waals surface area contributed by atoms with Gasteiger partial charge in [-0.2, -0.15) is 5.26 Å². The van der Waals surface area contributed by atoms with Crippen molar-refractivity contribution in [3.05, 3.63) is 35.8 Å². The monoisotopic (exact) mass is 433 g/mol. The summed E-state index contributed by atoms with van der Waals surface area (Å²) < 4.78 is 8.08. The Labute approximate surface area is 188 Å². The summed E-state index contributed by atoms with van der Waals surface area (Å²) in [5.41, 5.74) is 3.28. The summed E-state index contributed by atoms with van der Waals surface area (Å²) in [7, 11) is 0. The molecule has 7 nitrogen and oxygen atoms in total. The van der Waals surface area contributed by atoms with Crippen LogP contribution in [0.15, 0.2) is 24.4 Å². The summed E-state index contributed by atoms with van der Waals surface area (Å²) in [5.74, 6) is 1.05. The van der Waals surface area contributed by atoms with Crippen molar-refractivity contribution in [2.24, 2.45) is 0 Å². The summed E-state index contributed by atoms with van der Waals surface area (Å²) in [6, 6.07) is 8.04. The van der Waals surface area contributed by atoms with Crippen LogP contribution in [0.1, 0.15) is 76.2 Å². The van der Waals surface area contributed by atoms with Crippen molar-refractivity contribution in [3.63, 3.8) is 0 Å². The molecule has 2 fully saturated rings. The third-order valence-corrected chi connectivity index (χ3v) is 6.34. The van der Waals surface area contributed by atoms with Crippen LogP contribution in [-0.2, 0) is 9.53 Å². The zero-order valence-corrected chi connectivity index (χ0v) is 19.1. The highest BCUT2D eigenvalue weighted by Gasteiger charge is 2.32. The fourth-order valence-corrected chi connectivity index (χ4v) is 4.52. The molecule has 2 aliphatic heterocycles. The molecular formula is C25H31N5O2. The number of nitriles is 1. The van der Waals surface area contributed by atoms with Crippen LogP contribution in [-0.4, -0.2) is 39.7 Å². The second-order valence-corrected chi connectivity index (χ2v) is 8.74. The molecule has 168 valence electrons. The van der Waals surface area contributed by atoms with Gasteiger partial charge >= 0.3 is 0 Å². The molecule has 1 amide bonds. The molecule has 3 unspecified atom stereocenters. The van der Waals surface area contributed by atoms with E-state index in [4.69, 9.17) is 9.72 Å². The SMILES string of the molecule is CC1CC(n2c(C3CNC(=O)C3)nc3cnc4ccc(C#N)cc4c32)CCO1.CCCC. The number of fused-ring (bicyclic) bond motifs is 3. The number of pyridine rings is 1. The Hall–Kier alpha value is -2.98. The molecule has 0 bridgehead atoms. The summed E-state index contributed by atoms with van der Waals surface area (Å²) >= 11 is 0. The summed E-state index contributed by atoms with van der Waals surface area (Å²) in [5, 5.41) is 13.2. The number of hydrogen-bond donors (Lipinski definition) is 1. The maximum atomic E-state index is 11.9. The first-order chi connectivity index (χ1) is 15.5. The van der Waals surface area contributed by atoms with E-state index in [2.05, 4.69) is 41.7 Å². The van der Waals surface area contributed by atoms with E-state index in [9.17, 15) is 10.1 Å². The highest BCUT2D eigenvalue weighted by Crippen LogP contribution is 2.37. The Balaban J connectivity index is 0.000000567. The number of benzene rings is 1. The van der Waals surface area contributed by atoms with Gasteiger partial charge in [0.15, 0.2) is 0 Å². The van der Waals surface area contributed by atoms with Gasteiger partial charge in [0.25, 0.3) is 0 Å². The Kier molecular flexibility index (Phi) is 6.71. The van der Waals surface area contributed by atoms with Gasteiger partial charge in [-0.25, -0.2) is 4.98 Å². The molecule has 3 aromatic rings. The molecular weight excluding hydrogens is 402 g/mol. The molecule has 2 aliphatic rings. The average molecular weight is 434 g/mol. The number of rotatable bonds is 3. The van der Waals surface area contributed by atoms with Gasteiger partial charge in [-0.3, -0.25) is 9.78 Å². The molecule has 0 radical (unpaired) electrons. The molecule has 1 N–H and O–H groups in total. The molecule has 5 rings (SSSR count). The highest BCUT2D eigenvalue weighted by molar-refractivity contribution is 6.03. The van der Waals surface area contributed by atoms with E-state index in [0.29, 0.717) is 25.1 Å². The number of nitrogens with zero attached hydrogens (tertiary/aromatic N) is 4. The fraction of sp³-hybridized carbons (Fsp3) is 0.520. The minimum atomic E-state index is 0.0484. The van der Waals surface area contributed by atoms with Crippen molar-refractivity contribution < 1.29 is 9.53 Å². The number of unbranched alkanes of at least 4 members (excludes halogenated alkanes) is 1. The second kappa shape index (κ2) is 9.66.